The van der Waals surface area contributed by atoms with E-state index in [1.54, 1.807) is 11.8 Å². The maximum atomic E-state index is 12.0. The molecule has 104 valence electrons. The molecule has 0 amide bonds. The Morgan fingerprint density at radius 1 is 1.30 bits per heavy atom. The van der Waals surface area contributed by atoms with Gasteiger partial charge in [-0.1, -0.05) is 54.2 Å². The molecule has 0 spiro atoms. The Bertz CT molecular complexity index is 635. The maximum Gasteiger partial charge on any atom is 0.174 e. The van der Waals surface area contributed by atoms with Crippen molar-refractivity contribution >= 4 is 40.9 Å². The van der Waals surface area contributed by atoms with Crippen LogP contribution >= 0.6 is 35.1 Å². The second-order valence-corrected chi connectivity index (χ2v) is 6.96. The standard InChI is InChI=1S/C15H13ClO2S2/c1-2-8-18-11-7-6-9(16)13-15(11)19-12-5-3-4-10(17)14(12)20-13/h3,5-7H,2,4,8H2,1H3. The monoisotopic (exact) mass is 324 g/mol. The van der Waals surface area contributed by atoms with Crippen molar-refractivity contribution in [2.45, 2.75) is 29.6 Å². The molecule has 0 unspecified atom stereocenters. The third-order valence-corrected chi connectivity index (χ3v) is 6.09. The van der Waals surface area contributed by atoms with Crippen molar-refractivity contribution in [3.63, 3.8) is 0 Å². The van der Waals surface area contributed by atoms with E-state index in [1.165, 1.54) is 11.8 Å². The zero-order valence-corrected chi connectivity index (χ0v) is 13.3. The van der Waals surface area contributed by atoms with Crippen molar-refractivity contribution in [3.8, 4) is 5.75 Å². The van der Waals surface area contributed by atoms with Crippen LogP contribution in [-0.4, -0.2) is 12.4 Å². The first-order valence-electron chi connectivity index (χ1n) is 6.45. The molecule has 1 aromatic rings. The Kier molecular flexibility index (Phi) is 4.15. The molecule has 1 aliphatic carbocycles. The fourth-order valence-electron chi connectivity index (χ4n) is 2.02. The van der Waals surface area contributed by atoms with Crippen molar-refractivity contribution in [2.75, 3.05) is 6.61 Å². The molecule has 0 radical (unpaired) electrons. The summed E-state index contributed by atoms with van der Waals surface area (Å²) in [6.45, 7) is 2.76. The Labute approximate surface area is 131 Å². The molecule has 1 aliphatic heterocycles. The number of hydrogen-bond acceptors (Lipinski definition) is 4. The van der Waals surface area contributed by atoms with Crippen LogP contribution in [0.3, 0.4) is 0 Å². The molecule has 1 aromatic carbocycles. The summed E-state index contributed by atoms with van der Waals surface area (Å²) in [5, 5.41) is 0.676. The summed E-state index contributed by atoms with van der Waals surface area (Å²) in [6, 6.07) is 3.75. The Morgan fingerprint density at radius 3 is 2.95 bits per heavy atom. The largest absolute Gasteiger partial charge is 0.492 e. The van der Waals surface area contributed by atoms with E-state index in [-0.39, 0.29) is 5.78 Å². The number of carbonyl (C=O) groups is 1. The van der Waals surface area contributed by atoms with Gasteiger partial charge in [-0.25, -0.2) is 0 Å². The van der Waals surface area contributed by atoms with Gasteiger partial charge in [-0.3, -0.25) is 4.79 Å². The van der Waals surface area contributed by atoms with Crippen LogP contribution in [0, 0.1) is 0 Å². The van der Waals surface area contributed by atoms with Gasteiger partial charge in [0.05, 0.1) is 21.4 Å². The van der Waals surface area contributed by atoms with Gasteiger partial charge in [0, 0.05) is 16.2 Å². The number of rotatable bonds is 3. The number of Topliss-reactive ketones (excluding diaryl/α,β-unsaturated/α-hetero) is 1. The number of allylic oxidation sites excluding steroid dienone is 3. The summed E-state index contributed by atoms with van der Waals surface area (Å²) < 4.78 is 5.79. The summed E-state index contributed by atoms with van der Waals surface area (Å²) in [5.41, 5.74) is 0. The normalized spacial score (nSPS) is 17.0. The smallest absolute Gasteiger partial charge is 0.174 e. The number of fused-ring (bicyclic) bond motifs is 1. The van der Waals surface area contributed by atoms with Gasteiger partial charge in [-0.15, -0.1) is 0 Å². The predicted molar refractivity (Wildman–Crippen MR) is 84.7 cm³/mol. The number of benzene rings is 1. The Balaban J connectivity index is 2.02. The molecule has 2 aliphatic rings. The van der Waals surface area contributed by atoms with Crippen molar-refractivity contribution in [1.29, 1.82) is 0 Å². The van der Waals surface area contributed by atoms with Gasteiger partial charge in [-0.05, 0) is 18.6 Å². The summed E-state index contributed by atoms with van der Waals surface area (Å²) in [5.74, 6) is 1.02. The average molecular weight is 325 g/mol. The number of thioether (sulfide) groups is 2. The van der Waals surface area contributed by atoms with Crippen LogP contribution in [-0.2, 0) is 4.79 Å². The second kappa shape index (κ2) is 5.88. The van der Waals surface area contributed by atoms with Gasteiger partial charge in [0.25, 0.3) is 0 Å². The van der Waals surface area contributed by atoms with Gasteiger partial charge in [-0.2, -0.15) is 0 Å². The van der Waals surface area contributed by atoms with Crippen LogP contribution in [0.2, 0.25) is 5.02 Å². The van der Waals surface area contributed by atoms with E-state index in [1.807, 2.05) is 24.3 Å². The number of hydrogen-bond donors (Lipinski definition) is 0. The molecule has 0 saturated heterocycles. The molecule has 5 heteroatoms. The second-order valence-electron chi connectivity index (χ2n) is 4.48. The third-order valence-electron chi connectivity index (χ3n) is 2.96. The molecule has 0 fully saturated rings. The molecule has 20 heavy (non-hydrogen) atoms. The van der Waals surface area contributed by atoms with Gasteiger partial charge >= 0.3 is 0 Å². The molecule has 0 aromatic heterocycles. The highest BCUT2D eigenvalue weighted by Crippen LogP contribution is 2.54. The van der Waals surface area contributed by atoms with E-state index in [2.05, 4.69) is 6.92 Å². The minimum atomic E-state index is 0.168. The zero-order valence-electron chi connectivity index (χ0n) is 10.9. The highest BCUT2D eigenvalue weighted by Gasteiger charge is 2.28. The highest BCUT2D eigenvalue weighted by molar-refractivity contribution is 8.10. The van der Waals surface area contributed by atoms with E-state index in [0.29, 0.717) is 18.1 Å². The quantitative estimate of drug-likeness (QED) is 0.775. The fraction of sp³-hybridized carbons (Fsp3) is 0.267. The molecule has 0 bridgehead atoms. The van der Waals surface area contributed by atoms with Crippen LogP contribution in [0.15, 0.2) is 43.9 Å². The Morgan fingerprint density at radius 2 is 2.15 bits per heavy atom. The summed E-state index contributed by atoms with van der Waals surface area (Å²) in [7, 11) is 0. The average Bonchev–Trinajstić information content (AvgIpc) is 2.46. The van der Waals surface area contributed by atoms with Crippen molar-refractivity contribution < 1.29 is 9.53 Å². The lowest BCUT2D eigenvalue weighted by Crippen LogP contribution is -2.08. The van der Waals surface area contributed by atoms with E-state index in [0.717, 1.165) is 31.8 Å². The number of ketones is 1. The Hall–Kier alpha value is -0.840. The van der Waals surface area contributed by atoms with E-state index < -0.39 is 0 Å². The molecule has 0 saturated carbocycles. The number of carbonyl (C=O) groups excluding carboxylic acids is 1. The summed E-state index contributed by atoms with van der Waals surface area (Å²) in [4.78, 5) is 15.8. The van der Waals surface area contributed by atoms with Crippen LogP contribution in [0.1, 0.15) is 19.8 Å². The van der Waals surface area contributed by atoms with Crippen molar-refractivity contribution in [2.24, 2.45) is 0 Å². The zero-order chi connectivity index (χ0) is 14.1. The summed E-state index contributed by atoms with van der Waals surface area (Å²) >= 11 is 9.33. The van der Waals surface area contributed by atoms with Crippen LogP contribution in [0.25, 0.3) is 0 Å². The van der Waals surface area contributed by atoms with Gasteiger partial charge in [0.1, 0.15) is 5.75 Å². The molecule has 0 atom stereocenters. The van der Waals surface area contributed by atoms with Crippen LogP contribution in [0.5, 0.6) is 5.75 Å². The predicted octanol–water partition coefficient (Wildman–Crippen LogP) is 5.07. The number of ether oxygens (including phenoxy) is 1. The topological polar surface area (TPSA) is 26.3 Å². The van der Waals surface area contributed by atoms with Gasteiger partial charge in [0.15, 0.2) is 5.78 Å². The molecule has 0 N–H and O–H groups in total. The molecular formula is C15H13ClO2S2. The van der Waals surface area contributed by atoms with E-state index in [9.17, 15) is 4.79 Å². The van der Waals surface area contributed by atoms with Crippen LogP contribution < -0.4 is 4.74 Å². The summed E-state index contributed by atoms with van der Waals surface area (Å²) in [6.07, 6.45) is 5.37. The minimum Gasteiger partial charge on any atom is -0.492 e. The SMILES string of the molecule is CCCOc1ccc(Cl)c2c1SC1=C(S2)C(=O)CC=C1. The van der Waals surface area contributed by atoms with Crippen molar-refractivity contribution in [3.05, 3.63) is 39.1 Å². The first-order valence-corrected chi connectivity index (χ1v) is 8.46. The van der Waals surface area contributed by atoms with Gasteiger partial charge < -0.3 is 4.74 Å². The number of halogens is 1. The van der Waals surface area contributed by atoms with Gasteiger partial charge in [0.2, 0.25) is 0 Å². The molecule has 3 rings (SSSR count). The fourth-order valence-corrected chi connectivity index (χ4v) is 4.80. The maximum absolute atomic E-state index is 12.0. The first-order chi connectivity index (χ1) is 9.70. The van der Waals surface area contributed by atoms with Crippen molar-refractivity contribution in [1.82, 2.24) is 0 Å². The highest BCUT2D eigenvalue weighted by atomic mass is 35.5. The van der Waals surface area contributed by atoms with E-state index in [4.69, 9.17) is 16.3 Å². The van der Waals surface area contributed by atoms with Crippen LogP contribution in [0.4, 0.5) is 0 Å². The lowest BCUT2D eigenvalue weighted by Gasteiger charge is -2.24. The molecule has 1 heterocycles. The third kappa shape index (κ3) is 2.52. The lowest BCUT2D eigenvalue weighted by molar-refractivity contribution is -0.114. The lowest BCUT2D eigenvalue weighted by atomic mass is 10.2. The molecule has 2 nitrogen and oxygen atoms in total. The molecular weight excluding hydrogens is 312 g/mol. The first kappa shape index (κ1) is 14.1. The van der Waals surface area contributed by atoms with E-state index >= 15 is 0 Å². The minimum absolute atomic E-state index is 0.168.